The first-order valence-corrected chi connectivity index (χ1v) is 5.82. The number of nitrogens with zero attached hydrogens (tertiary/aromatic N) is 2. The van der Waals surface area contributed by atoms with Crippen LogP contribution in [0, 0.1) is 13.8 Å². The fourth-order valence-electron chi connectivity index (χ4n) is 1.65. The third-order valence-corrected chi connectivity index (χ3v) is 3.61. The van der Waals surface area contributed by atoms with Gasteiger partial charge in [-0.25, -0.2) is 4.68 Å². The fraction of sp³-hybridized carbons (Fsp3) is 0.250. The lowest BCUT2D eigenvalue weighted by Crippen LogP contribution is -2.19. The summed E-state index contributed by atoms with van der Waals surface area (Å²) in [5, 5.41) is 0. The van der Waals surface area contributed by atoms with Gasteiger partial charge in [-0.3, -0.25) is 9.48 Å². The predicted octanol–water partition coefficient (Wildman–Crippen LogP) is 2.56. The van der Waals surface area contributed by atoms with Crippen LogP contribution in [0.1, 0.15) is 11.3 Å². The van der Waals surface area contributed by atoms with E-state index in [4.69, 9.17) is 0 Å². The lowest BCUT2D eigenvalue weighted by atomic mass is 10.2. The number of aryl methyl sites for hydroxylation is 2. The third kappa shape index (κ3) is 1.73. The zero-order chi connectivity index (χ0) is 11.9. The Bertz CT molecular complexity index is 596. The fourth-order valence-corrected chi connectivity index (χ4v) is 2.02. The maximum absolute atomic E-state index is 11.8. The molecular weight excluding hydrogens is 268 g/mol. The van der Waals surface area contributed by atoms with Gasteiger partial charge in [0, 0.05) is 23.3 Å². The second-order valence-electron chi connectivity index (χ2n) is 3.89. The second kappa shape index (κ2) is 3.94. The van der Waals surface area contributed by atoms with E-state index in [-0.39, 0.29) is 5.56 Å². The van der Waals surface area contributed by atoms with Gasteiger partial charge in [0.15, 0.2) is 0 Å². The molecule has 0 aliphatic carbocycles. The van der Waals surface area contributed by atoms with Crippen LogP contribution in [0.15, 0.2) is 33.5 Å². The van der Waals surface area contributed by atoms with Crippen molar-refractivity contribution in [2.24, 2.45) is 7.05 Å². The standard InChI is InChI=1S/C12H13BrN2O/c1-8-4-5-10(7-11(8)13)15-12(16)6-9(2)14(15)3/h4-7H,1-3H3. The first kappa shape index (κ1) is 11.2. The van der Waals surface area contributed by atoms with Gasteiger partial charge in [0.2, 0.25) is 0 Å². The SMILES string of the molecule is Cc1ccc(-n2c(=O)cc(C)n2C)cc1Br. The van der Waals surface area contributed by atoms with Gasteiger partial charge >= 0.3 is 0 Å². The highest BCUT2D eigenvalue weighted by Crippen LogP contribution is 2.19. The van der Waals surface area contributed by atoms with Crippen molar-refractivity contribution in [3.05, 3.63) is 50.3 Å². The first-order valence-electron chi connectivity index (χ1n) is 5.03. The van der Waals surface area contributed by atoms with E-state index < -0.39 is 0 Å². The predicted molar refractivity (Wildman–Crippen MR) is 68.2 cm³/mol. The summed E-state index contributed by atoms with van der Waals surface area (Å²) in [4.78, 5) is 11.8. The first-order chi connectivity index (χ1) is 7.50. The largest absolute Gasteiger partial charge is 0.285 e. The molecule has 4 heteroatoms. The van der Waals surface area contributed by atoms with Gasteiger partial charge in [-0.15, -0.1) is 0 Å². The number of hydrogen-bond donors (Lipinski definition) is 0. The summed E-state index contributed by atoms with van der Waals surface area (Å²) < 4.78 is 4.51. The maximum Gasteiger partial charge on any atom is 0.271 e. The summed E-state index contributed by atoms with van der Waals surface area (Å²) in [5.41, 5.74) is 2.97. The Morgan fingerprint density at radius 3 is 2.38 bits per heavy atom. The normalized spacial score (nSPS) is 10.8. The number of rotatable bonds is 1. The molecule has 2 rings (SSSR count). The molecule has 0 radical (unpaired) electrons. The number of halogens is 1. The van der Waals surface area contributed by atoms with Crippen molar-refractivity contribution in [2.45, 2.75) is 13.8 Å². The molecule has 0 bridgehead atoms. The minimum atomic E-state index is -0.00393. The molecule has 0 fully saturated rings. The lowest BCUT2D eigenvalue weighted by Gasteiger charge is -2.09. The molecule has 0 amide bonds. The molecule has 1 heterocycles. The molecule has 0 spiro atoms. The molecule has 0 atom stereocenters. The average Bonchev–Trinajstić information content (AvgIpc) is 2.47. The molecule has 1 aromatic heterocycles. The van der Waals surface area contributed by atoms with Crippen molar-refractivity contribution in [3.8, 4) is 5.69 Å². The number of hydrogen-bond acceptors (Lipinski definition) is 1. The summed E-state index contributed by atoms with van der Waals surface area (Å²) in [5.74, 6) is 0. The highest BCUT2D eigenvalue weighted by molar-refractivity contribution is 9.10. The molecular formula is C12H13BrN2O. The monoisotopic (exact) mass is 280 g/mol. The van der Waals surface area contributed by atoms with Crippen LogP contribution in [-0.2, 0) is 7.05 Å². The zero-order valence-electron chi connectivity index (χ0n) is 9.49. The Morgan fingerprint density at radius 1 is 1.19 bits per heavy atom. The summed E-state index contributed by atoms with van der Waals surface area (Å²) >= 11 is 3.47. The Morgan fingerprint density at radius 2 is 1.88 bits per heavy atom. The van der Waals surface area contributed by atoms with E-state index in [1.807, 2.05) is 43.8 Å². The van der Waals surface area contributed by atoms with Gasteiger partial charge in [0.25, 0.3) is 5.56 Å². The van der Waals surface area contributed by atoms with Crippen molar-refractivity contribution in [1.29, 1.82) is 0 Å². The molecule has 3 nitrogen and oxygen atoms in total. The Labute approximate surface area is 102 Å². The van der Waals surface area contributed by atoms with Crippen LogP contribution in [0.5, 0.6) is 0 Å². The van der Waals surface area contributed by atoms with Gasteiger partial charge in [0.05, 0.1) is 5.69 Å². The van der Waals surface area contributed by atoms with Crippen molar-refractivity contribution < 1.29 is 0 Å². The Balaban J connectivity index is 2.68. The average molecular weight is 281 g/mol. The van der Waals surface area contributed by atoms with Gasteiger partial charge in [0.1, 0.15) is 0 Å². The molecule has 0 N–H and O–H groups in total. The Kier molecular flexibility index (Phi) is 2.76. The smallest absolute Gasteiger partial charge is 0.271 e. The molecule has 84 valence electrons. The third-order valence-electron chi connectivity index (χ3n) is 2.75. The van der Waals surface area contributed by atoms with Crippen LogP contribution in [-0.4, -0.2) is 9.36 Å². The van der Waals surface area contributed by atoms with Crippen LogP contribution in [0.3, 0.4) is 0 Å². The van der Waals surface area contributed by atoms with Crippen LogP contribution in [0.25, 0.3) is 5.69 Å². The van der Waals surface area contributed by atoms with Crippen LogP contribution in [0.4, 0.5) is 0 Å². The van der Waals surface area contributed by atoms with Crippen LogP contribution < -0.4 is 5.56 Å². The molecule has 0 saturated carbocycles. The molecule has 1 aromatic carbocycles. The van der Waals surface area contributed by atoms with E-state index in [1.165, 1.54) is 0 Å². The van der Waals surface area contributed by atoms with Gasteiger partial charge in [-0.2, -0.15) is 0 Å². The van der Waals surface area contributed by atoms with Crippen LogP contribution in [0.2, 0.25) is 0 Å². The second-order valence-corrected chi connectivity index (χ2v) is 4.75. The quantitative estimate of drug-likeness (QED) is 0.789. The van der Waals surface area contributed by atoms with Gasteiger partial charge < -0.3 is 0 Å². The topological polar surface area (TPSA) is 26.9 Å². The lowest BCUT2D eigenvalue weighted by molar-refractivity contribution is 0.629. The summed E-state index contributed by atoms with van der Waals surface area (Å²) in [7, 11) is 1.88. The van der Waals surface area contributed by atoms with E-state index in [2.05, 4.69) is 15.9 Å². The summed E-state index contributed by atoms with van der Waals surface area (Å²) in [6.07, 6.45) is 0. The number of aromatic nitrogens is 2. The Hall–Kier alpha value is -1.29. The highest BCUT2D eigenvalue weighted by Gasteiger charge is 2.07. The summed E-state index contributed by atoms with van der Waals surface area (Å²) in [6, 6.07) is 7.53. The van der Waals surface area contributed by atoms with Crippen molar-refractivity contribution >= 4 is 15.9 Å². The molecule has 0 unspecified atom stereocenters. The van der Waals surface area contributed by atoms with E-state index >= 15 is 0 Å². The van der Waals surface area contributed by atoms with E-state index in [0.717, 1.165) is 21.4 Å². The molecule has 16 heavy (non-hydrogen) atoms. The van der Waals surface area contributed by atoms with Crippen molar-refractivity contribution in [3.63, 3.8) is 0 Å². The van der Waals surface area contributed by atoms with Crippen molar-refractivity contribution in [2.75, 3.05) is 0 Å². The van der Waals surface area contributed by atoms with E-state index in [9.17, 15) is 4.79 Å². The van der Waals surface area contributed by atoms with E-state index in [0.29, 0.717) is 0 Å². The summed E-state index contributed by atoms with van der Waals surface area (Å²) in [6.45, 7) is 3.94. The van der Waals surface area contributed by atoms with E-state index in [1.54, 1.807) is 10.7 Å². The maximum atomic E-state index is 11.8. The minimum absolute atomic E-state index is 0.00393. The van der Waals surface area contributed by atoms with Gasteiger partial charge in [-0.1, -0.05) is 22.0 Å². The molecule has 2 aromatic rings. The highest BCUT2D eigenvalue weighted by atomic mass is 79.9. The molecule has 0 aliphatic rings. The van der Waals surface area contributed by atoms with Crippen LogP contribution >= 0.6 is 15.9 Å². The van der Waals surface area contributed by atoms with Gasteiger partial charge in [-0.05, 0) is 31.5 Å². The number of benzene rings is 1. The molecule has 0 aliphatic heterocycles. The minimum Gasteiger partial charge on any atom is -0.285 e. The zero-order valence-corrected chi connectivity index (χ0v) is 11.1. The molecule has 0 saturated heterocycles. The van der Waals surface area contributed by atoms with Crippen molar-refractivity contribution in [1.82, 2.24) is 9.36 Å².